The molecule has 0 bridgehead atoms. The quantitative estimate of drug-likeness (QED) is 0.544. The molecule has 1 aliphatic rings. The zero-order chi connectivity index (χ0) is 23.7. The Morgan fingerprint density at radius 1 is 1.27 bits per heavy atom. The average Bonchev–Trinajstić information content (AvgIpc) is 3.23. The van der Waals surface area contributed by atoms with Crippen molar-refractivity contribution in [2.75, 3.05) is 12.4 Å². The molecule has 8 heteroatoms. The van der Waals surface area contributed by atoms with Crippen molar-refractivity contribution in [2.45, 2.75) is 33.0 Å². The van der Waals surface area contributed by atoms with E-state index < -0.39 is 11.9 Å². The van der Waals surface area contributed by atoms with Crippen molar-refractivity contribution in [3.05, 3.63) is 71.1 Å². The lowest BCUT2D eigenvalue weighted by Gasteiger charge is -2.31. The van der Waals surface area contributed by atoms with Crippen molar-refractivity contribution in [3.8, 4) is 23.1 Å². The van der Waals surface area contributed by atoms with Crippen LogP contribution in [0.15, 0.2) is 42.7 Å². The summed E-state index contributed by atoms with van der Waals surface area (Å²) < 4.78 is 22.3. The number of carbonyl (C=O) groups excluding carboxylic acids is 1. The van der Waals surface area contributed by atoms with E-state index in [0.717, 1.165) is 29.1 Å². The Balaban J connectivity index is 1.69. The number of anilines is 1. The normalized spacial score (nSPS) is 15.5. The summed E-state index contributed by atoms with van der Waals surface area (Å²) in [4.78, 5) is 17.7. The number of fused-ring (bicyclic) bond motifs is 1. The summed E-state index contributed by atoms with van der Waals surface area (Å²) in [5, 5.41) is 12.4. The molecule has 1 aliphatic heterocycles. The molecule has 0 amide bonds. The van der Waals surface area contributed by atoms with E-state index in [1.807, 2.05) is 54.0 Å². The maximum Gasteiger partial charge on any atom is 0.181 e. The summed E-state index contributed by atoms with van der Waals surface area (Å²) in [6, 6.07) is 10.8. The van der Waals surface area contributed by atoms with Crippen LogP contribution in [0, 0.1) is 31.0 Å². The minimum absolute atomic E-state index is 0.0487. The van der Waals surface area contributed by atoms with Crippen LogP contribution in [0.25, 0.3) is 17.5 Å². The fourth-order valence-electron chi connectivity index (χ4n) is 3.84. The van der Waals surface area contributed by atoms with Crippen LogP contribution >= 0.6 is 0 Å². The Labute approximate surface area is 191 Å². The van der Waals surface area contributed by atoms with Crippen LogP contribution in [0.5, 0.6) is 5.75 Å². The van der Waals surface area contributed by atoms with Gasteiger partial charge in [-0.25, -0.2) is 9.37 Å². The molecule has 0 saturated heterocycles. The summed E-state index contributed by atoms with van der Waals surface area (Å²) in [6.45, 7) is 5.14. The maximum absolute atomic E-state index is 15.0. The van der Waals surface area contributed by atoms with Gasteiger partial charge in [0.25, 0.3) is 0 Å². The number of rotatable bonds is 6. The number of aldehydes is 1. The van der Waals surface area contributed by atoms with Crippen molar-refractivity contribution in [1.82, 2.24) is 14.5 Å². The van der Waals surface area contributed by atoms with Gasteiger partial charge in [-0.1, -0.05) is 0 Å². The number of ether oxygens (including phenoxy) is 1. The first-order valence-corrected chi connectivity index (χ1v) is 10.5. The van der Waals surface area contributed by atoms with Crippen LogP contribution in [-0.4, -0.2) is 33.9 Å². The summed E-state index contributed by atoms with van der Waals surface area (Å²) in [5.74, 6) is 0.292. The van der Waals surface area contributed by atoms with Gasteiger partial charge in [-0.05, 0) is 62.2 Å². The molecule has 1 N–H and O–H groups in total. The number of nitriles is 1. The topological polar surface area (TPSA) is 83.2 Å². The molecule has 3 aromatic rings. The third-order valence-electron chi connectivity index (χ3n) is 5.74. The molecule has 0 spiro atoms. The number of hydrogen-bond acceptors (Lipinski definition) is 6. The lowest BCUT2D eigenvalue weighted by Crippen LogP contribution is -2.31. The van der Waals surface area contributed by atoms with E-state index in [-0.39, 0.29) is 11.9 Å². The SMILES string of the molecule is Cc1cc(NC2c3ncc(-c4ccc(OC(C)C#N)c(F)c4C)n3C=CN2C)ccc1C=O. The monoisotopic (exact) mass is 445 g/mol. The molecule has 2 heterocycles. The van der Waals surface area contributed by atoms with E-state index >= 15 is 0 Å². The summed E-state index contributed by atoms with van der Waals surface area (Å²) in [5.41, 5.74) is 4.23. The number of benzene rings is 2. The molecule has 33 heavy (non-hydrogen) atoms. The van der Waals surface area contributed by atoms with Gasteiger partial charge >= 0.3 is 0 Å². The van der Waals surface area contributed by atoms with Gasteiger partial charge in [-0.15, -0.1) is 0 Å². The van der Waals surface area contributed by atoms with Gasteiger partial charge < -0.3 is 15.0 Å². The highest BCUT2D eigenvalue weighted by Gasteiger charge is 2.26. The molecule has 0 aliphatic carbocycles. The number of aryl methyl sites for hydroxylation is 1. The molecule has 0 fully saturated rings. The first-order chi connectivity index (χ1) is 15.8. The first kappa shape index (κ1) is 22.1. The fraction of sp³-hybridized carbons (Fsp3) is 0.240. The predicted octanol–water partition coefficient (Wildman–Crippen LogP) is 4.89. The Hall–Kier alpha value is -4.12. The fourth-order valence-corrected chi connectivity index (χ4v) is 3.84. The highest BCUT2D eigenvalue weighted by Crippen LogP contribution is 2.35. The highest BCUT2D eigenvalue weighted by molar-refractivity contribution is 5.78. The van der Waals surface area contributed by atoms with Gasteiger partial charge in [0.2, 0.25) is 0 Å². The van der Waals surface area contributed by atoms with Crippen LogP contribution in [-0.2, 0) is 0 Å². The lowest BCUT2D eigenvalue weighted by molar-refractivity contribution is 0.112. The second-order valence-electron chi connectivity index (χ2n) is 8.01. The third kappa shape index (κ3) is 4.05. The zero-order valence-corrected chi connectivity index (χ0v) is 18.8. The van der Waals surface area contributed by atoms with Gasteiger partial charge in [-0.3, -0.25) is 9.36 Å². The molecule has 7 nitrogen and oxygen atoms in total. The van der Waals surface area contributed by atoms with Gasteiger partial charge in [0.1, 0.15) is 12.4 Å². The Morgan fingerprint density at radius 2 is 2.06 bits per heavy atom. The number of hydrogen-bond donors (Lipinski definition) is 1. The summed E-state index contributed by atoms with van der Waals surface area (Å²) in [6.07, 6.45) is 5.34. The first-order valence-electron chi connectivity index (χ1n) is 10.5. The molecule has 168 valence electrons. The van der Waals surface area contributed by atoms with E-state index in [1.54, 1.807) is 32.2 Å². The molecular formula is C25H24FN5O2. The third-order valence-corrected chi connectivity index (χ3v) is 5.74. The highest BCUT2D eigenvalue weighted by atomic mass is 19.1. The van der Waals surface area contributed by atoms with Crippen molar-refractivity contribution >= 4 is 18.2 Å². The van der Waals surface area contributed by atoms with Crippen molar-refractivity contribution in [3.63, 3.8) is 0 Å². The van der Waals surface area contributed by atoms with E-state index in [2.05, 4.69) is 10.3 Å². The second kappa shape index (κ2) is 8.79. The molecular weight excluding hydrogens is 421 g/mol. The largest absolute Gasteiger partial charge is 0.473 e. The summed E-state index contributed by atoms with van der Waals surface area (Å²) >= 11 is 0. The minimum Gasteiger partial charge on any atom is -0.473 e. The smallest absolute Gasteiger partial charge is 0.181 e. The molecule has 4 rings (SSSR count). The Morgan fingerprint density at radius 3 is 2.76 bits per heavy atom. The molecule has 2 unspecified atom stereocenters. The molecule has 2 atom stereocenters. The standard InChI is InChI=1S/C25H24FN5O2/c1-15-11-19(6-5-18(15)14-32)29-25-24-28-13-21(31(24)10-9-30(25)4)20-7-8-22(23(26)17(20)3)33-16(2)12-27/h5-11,13-14,16,25,29H,1-4H3. The van der Waals surface area contributed by atoms with Crippen molar-refractivity contribution in [1.29, 1.82) is 5.26 Å². The molecule has 1 aromatic heterocycles. The average molecular weight is 445 g/mol. The number of imidazole rings is 1. The summed E-state index contributed by atoms with van der Waals surface area (Å²) in [7, 11) is 1.94. The van der Waals surface area contributed by atoms with E-state index in [4.69, 9.17) is 10.00 Å². The van der Waals surface area contributed by atoms with E-state index in [1.165, 1.54) is 6.07 Å². The molecule has 2 aromatic carbocycles. The van der Waals surface area contributed by atoms with Crippen LogP contribution in [0.3, 0.4) is 0 Å². The van der Waals surface area contributed by atoms with Crippen LogP contribution in [0.4, 0.5) is 10.1 Å². The number of nitrogens with one attached hydrogen (secondary N) is 1. The molecule has 0 saturated carbocycles. The van der Waals surface area contributed by atoms with Crippen molar-refractivity contribution in [2.24, 2.45) is 0 Å². The predicted molar refractivity (Wildman–Crippen MR) is 124 cm³/mol. The van der Waals surface area contributed by atoms with Crippen LogP contribution in [0.2, 0.25) is 0 Å². The maximum atomic E-state index is 15.0. The van der Waals surface area contributed by atoms with Gasteiger partial charge in [0.05, 0.1) is 11.9 Å². The van der Waals surface area contributed by atoms with Gasteiger partial charge in [0, 0.05) is 36.3 Å². The van der Waals surface area contributed by atoms with Gasteiger partial charge in [0.15, 0.2) is 29.7 Å². The van der Waals surface area contributed by atoms with Crippen LogP contribution < -0.4 is 10.1 Å². The Bertz CT molecular complexity index is 1290. The number of aromatic nitrogens is 2. The van der Waals surface area contributed by atoms with Crippen LogP contribution in [0.1, 0.15) is 40.4 Å². The van der Waals surface area contributed by atoms with E-state index in [9.17, 15) is 9.18 Å². The number of nitrogens with zero attached hydrogens (tertiary/aromatic N) is 4. The number of carbonyl (C=O) groups is 1. The number of halogens is 1. The lowest BCUT2D eigenvalue weighted by atomic mass is 10.0. The van der Waals surface area contributed by atoms with Crippen molar-refractivity contribution < 1.29 is 13.9 Å². The second-order valence-corrected chi connectivity index (χ2v) is 8.01. The zero-order valence-electron chi connectivity index (χ0n) is 18.8. The molecule has 0 radical (unpaired) electrons. The van der Waals surface area contributed by atoms with E-state index in [0.29, 0.717) is 16.7 Å². The minimum atomic E-state index is -0.748. The Kier molecular flexibility index (Phi) is 5.88. The van der Waals surface area contributed by atoms with Gasteiger partial charge in [-0.2, -0.15) is 5.26 Å².